The number of hydrogen-bond donors (Lipinski definition) is 2. The average molecular weight is 236 g/mol. The van der Waals surface area contributed by atoms with Gasteiger partial charge < -0.3 is 10.6 Å². The number of terminal acetylenes is 1. The summed E-state index contributed by atoms with van der Waals surface area (Å²) < 4.78 is 0. The van der Waals surface area contributed by atoms with Crippen LogP contribution in [0.1, 0.15) is 46.0 Å². The minimum absolute atomic E-state index is 0.000523. The predicted octanol–water partition coefficient (Wildman–Crippen LogP) is 1.68. The number of nitrogens with one attached hydrogen (secondary N) is 2. The third kappa shape index (κ3) is 4.79. The van der Waals surface area contributed by atoms with Gasteiger partial charge in [0.1, 0.15) is 0 Å². The lowest BCUT2D eigenvalue weighted by Crippen LogP contribution is -2.47. The Kier molecular flexibility index (Phi) is 6.07. The van der Waals surface area contributed by atoms with Crippen molar-refractivity contribution in [1.29, 1.82) is 0 Å². The zero-order valence-corrected chi connectivity index (χ0v) is 11.0. The maximum absolute atomic E-state index is 11.6. The topological polar surface area (TPSA) is 41.1 Å². The second-order valence-electron chi connectivity index (χ2n) is 4.94. The highest BCUT2D eigenvalue weighted by Gasteiger charge is 2.22. The fourth-order valence-electron chi connectivity index (χ4n) is 2.46. The van der Waals surface area contributed by atoms with Gasteiger partial charge in [-0.1, -0.05) is 19.3 Å². The lowest BCUT2D eigenvalue weighted by atomic mass is 9.84. The largest absolute Gasteiger partial charge is 0.344 e. The van der Waals surface area contributed by atoms with Gasteiger partial charge >= 0.3 is 0 Å². The predicted molar refractivity (Wildman–Crippen MR) is 70.5 cm³/mol. The maximum Gasteiger partial charge on any atom is 0.237 e. The van der Waals surface area contributed by atoms with Gasteiger partial charge in [-0.05, 0) is 38.5 Å². The second kappa shape index (κ2) is 7.34. The van der Waals surface area contributed by atoms with E-state index in [2.05, 4.69) is 23.5 Å². The van der Waals surface area contributed by atoms with Crippen LogP contribution in [0, 0.1) is 18.3 Å². The van der Waals surface area contributed by atoms with E-state index in [1.807, 2.05) is 6.92 Å². The Balaban J connectivity index is 2.25. The van der Waals surface area contributed by atoms with Gasteiger partial charge in [0.2, 0.25) is 5.91 Å². The highest BCUT2D eigenvalue weighted by Crippen LogP contribution is 2.26. The van der Waals surface area contributed by atoms with Crippen LogP contribution in [0.5, 0.6) is 0 Å². The molecule has 1 aliphatic carbocycles. The van der Waals surface area contributed by atoms with Crippen LogP contribution in [-0.2, 0) is 4.79 Å². The molecule has 1 atom stereocenters. The van der Waals surface area contributed by atoms with E-state index in [4.69, 9.17) is 6.42 Å². The molecule has 1 fully saturated rings. The van der Waals surface area contributed by atoms with Gasteiger partial charge in [0.15, 0.2) is 0 Å². The molecule has 0 saturated heterocycles. The molecule has 1 aliphatic rings. The minimum Gasteiger partial charge on any atom is -0.344 e. The Morgan fingerprint density at radius 2 is 2.06 bits per heavy atom. The van der Waals surface area contributed by atoms with Crippen LogP contribution in [-0.4, -0.2) is 24.5 Å². The number of rotatable bonds is 5. The summed E-state index contributed by atoms with van der Waals surface area (Å²) in [5, 5.41) is 6.10. The fraction of sp³-hybridized carbons (Fsp3) is 0.786. The van der Waals surface area contributed by atoms with Crippen molar-refractivity contribution in [3.63, 3.8) is 0 Å². The summed E-state index contributed by atoms with van der Waals surface area (Å²) >= 11 is 0. The summed E-state index contributed by atoms with van der Waals surface area (Å²) in [6.07, 6.45) is 11.3. The van der Waals surface area contributed by atoms with Crippen LogP contribution in [0.3, 0.4) is 0 Å². The van der Waals surface area contributed by atoms with Crippen molar-refractivity contribution in [2.24, 2.45) is 5.92 Å². The van der Waals surface area contributed by atoms with Gasteiger partial charge in [-0.3, -0.25) is 4.79 Å². The lowest BCUT2D eigenvalue weighted by molar-refractivity contribution is -0.122. The third-order valence-corrected chi connectivity index (χ3v) is 3.67. The standard InChI is InChI=1S/C14H24N2O/c1-4-10-15-14(17)11(3)16-13-8-6-12(5-2)7-9-13/h1,11-13,16H,5-10H2,2-3H3,(H,15,17). The van der Waals surface area contributed by atoms with E-state index in [1.54, 1.807) is 0 Å². The van der Waals surface area contributed by atoms with Crippen molar-refractivity contribution >= 4 is 5.91 Å². The van der Waals surface area contributed by atoms with Crippen molar-refractivity contribution in [2.75, 3.05) is 6.54 Å². The molecule has 1 saturated carbocycles. The molecule has 0 bridgehead atoms. The quantitative estimate of drug-likeness (QED) is 0.713. The SMILES string of the molecule is C#CCNC(=O)C(C)NC1CCC(CC)CC1. The van der Waals surface area contributed by atoms with Crippen molar-refractivity contribution in [2.45, 2.75) is 58.0 Å². The van der Waals surface area contributed by atoms with Crippen molar-refractivity contribution in [3.05, 3.63) is 0 Å². The molecule has 0 aromatic rings. The highest BCUT2D eigenvalue weighted by atomic mass is 16.2. The molecule has 17 heavy (non-hydrogen) atoms. The average Bonchev–Trinajstić information content (AvgIpc) is 2.36. The summed E-state index contributed by atoms with van der Waals surface area (Å²) in [6, 6.07) is 0.343. The second-order valence-corrected chi connectivity index (χ2v) is 4.94. The van der Waals surface area contributed by atoms with Gasteiger partial charge in [0.25, 0.3) is 0 Å². The fourth-order valence-corrected chi connectivity index (χ4v) is 2.46. The monoisotopic (exact) mass is 236 g/mol. The van der Waals surface area contributed by atoms with E-state index in [9.17, 15) is 4.79 Å². The van der Waals surface area contributed by atoms with E-state index < -0.39 is 0 Å². The summed E-state index contributed by atoms with van der Waals surface area (Å²) in [5.74, 6) is 3.30. The van der Waals surface area contributed by atoms with E-state index in [1.165, 1.54) is 32.1 Å². The van der Waals surface area contributed by atoms with Gasteiger partial charge in [-0.15, -0.1) is 6.42 Å². The van der Waals surface area contributed by atoms with E-state index in [0.717, 1.165) is 5.92 Å². The van der Waals surface area contributed by atoms with Crippen LogP contribution in [0.25, 0.3) is 0 Å². The van der Waals surface area contributed by atoms with Gasteiger partial charge in [0, 0.05) is 6.04 Å². The summed E-state index contributed by atoms with van der Waals surface area (Å²) in [5.41, 5.74) is 0. The highest BCUT2D eigenvalue weighted by molar-refractivity contribution is 5.81. The molecule has 1 amide bonds. The van der Waals surface area contributed by atoms with Crippen molar-refractivity contribution < 1.29 is 4.79 Å². The maximum atomic E-state index is 11.6. The first-order valence-electron chi connectivity index (χ1n) is 6.64. The van der Waals surface area contributed by atoms with Gasteiger partial charge in [-0.2, -0.15) is 0 Å². The number of hydrogen-bond acceptors (Lipinski definition) is 2. The molecule has 3 nitrogen and oxygen atoms in total. The Morgan fingerprint density at radius 1 is 1.41 bits per heavy atom. The molecule has 0 aliphatic heterocycles. The first kappa shape index (κ1) is 14.1. The molecular formula is C14H24N2O. The van der Waals surface area contributed by atoms with Crippen LogP contribution < -0.4 is 10.6 Å². The summed E-state index contributed by atoms with van der Waals surface area (Å²) in [6.45, 7) is 4.47. The first-order chi connectivity index (χ1) is 8.17. The zero-order chi connectivity index (χ0) is 12.7. The lowest BCUT2D eigenvalue weighted by Gasteiger charge is -2.30. The Bertz CT molecular complexity index is 274. The Labute approximate surface area is 105 Å². The molecule has 0 aromatic carbocycles. The van der Waals surface area contributed by atoms with Crippen molar-refractivity contribution in [1.82, 2.24) is 10.6 Å². The van der Waals surface area contributed by atoms with Crippen LogP contribution in [0.15, 0.2) is 0 Å². The number of carbonyl (C=O) groups excluding carboxylic acids is 1. The number of amides is 1. The van der Waals surface area contributed by atoms with Crippen LogP contribution in [0.2, 0.25) is 0 Å². The molecule has 3 heteroatoms. The third-order valence-electron chi connectivity index (χ3n) is 3.67. The smallest absolute Gasteiger partial charge is 0.237 e. The van der Waals surface area contributed by atoms with E-state index in [-0.39, 0.29) is 11.9 Å². The summed E-state index contributed by atoms with van der Waals surface area (Å²) in [7, 11) is 0. The molecule has 1 rings (SSSR count). The molecule has 2 N–H and O–H groups in total. The first-order valence-corrected chi connectivity index (χ1v) is 6.64. The summed E-state index contributed by atoms with van der Waals surface area (Å²) in [4.78, 5) is 11.6. The Morgan fingerprint density at radius 3 is 2.59 bits per heavy atom. The molecular weight excluding hydrogens is 212 g/mol. The van der Waals surface area contributed by atoms with Gasteiger partial charge in [-0.25, -0.2) is 0 Å². The molecule has 0 radical (unpaired) electrons. The zero-order valence-electron chi connectivity index (χ0n) is 11.0. The van der Waals surface area contributed by atoms with E-state index in [0.29, 0.717) is 12.6 Å². The molecule has 0 aromatic heterocycles. The van der Waals surface area contributed by atoms with Crippen LogP contribution >= 0.6 is 0 Å². The molecule has 1 unspecified atom stereocenters. The Hall–Kier alpha value is -1.01. The van der Waals surface area contributed by atoms with Crippen molar-refractivity contribution in [3.8, 4) is 12.3 Å². The van der Waals surface area contributed by atoms with E-state index >= 15 is 0 Å². The minimum atomic E-state index is -0.147. The normalized spacial score (nSPS) is 25.9. The molecule has 96 valence electrons. The molecule has 0 heterocycles. The number of carbonyl (C=O) groups is 1. The van der Waals surface area contributed by atoms with Gasteiger partial charge in [0.05, 0.1) is 12.6 Å². The van der Waals surface area contributed by atoms with Crippen LogP contribution in [0.4, 0.5) is 0 Å². The molecule has 0 spiro atoms.